The monoisotopic (exact) mass is 274 g/mol. The first-order chi connectivity index (χ1) is 9.69. The van der Waals surface area contributed by atoms with E-state index < -0.39 is 0 Å². The number of rotatable bonds is 3. The van der Waals surface area contributed by atoms with Gasteiger partial charge in [-0.15, -0.1) is 0 Å². The number of ether oxygens (including phenoxy) is 1. The molecule has 0 unspecified atom stereocenters. The molecule has 2 fully saturated rings. The maximum absolute atomic E-state index is 5.22. The van der Waals surface area contributed by atoms with E-state index in [-0.39, 0.29) is 0 Å². The molecule has 110 valence electrons. The van der Waals surface area contributed by atoms with Gasteiger partial charge in [-0.1, -0.05) is 12.1 Å². The second-order valence-electron chi connectivity index (χ2n) is 6.61. The highest BCUT2D eigenvalue weighted by Crippen LogP contribution is 2.40. The summed E-state index contributed by atoms with van der Waals surface area (Å²) in [6.45, 7) is 6.18. The zero-order chi connectivity index (χ0) is 14.0. The summed E-state index contributed by atoms with van der Waals surface area (Å²) in [5.41, 5.74) is 2.01. The van der Waals surface area contributed by atoms with Crippen LogP contribution in [0.1, 0.15) is 24.8 Å². The van der Waals surface area contributed by atoms with E-state index in [4.69, 9.17) is 4.74 Å². The third-order valence-corrected chi connectivity index (χ3v) is 5.13. The molecule has 20 heavy (non-hydrogen) atoms. The fourth-order valence-corrected chi connectivity index (χ4v) is 3.65. The van der Waals surface area contributed by atoms with Crippen LogP contribution in [0.25, 0.3) is 0 Å². The van der Waals surface area contributed by atoms with Crippen molar-refractivity contribution < 1.29 is 4.74 Å². The van der Waals surface area contributed by atoms with Crippen molar-refractivity contribution in [3.63, 3.8) is 0 Å². The summed E-state index contributed by atoms with van der Waals surface area (Å²) in [6, 6.07) is 8.52. The molecule has 0 radical (unpaired) electrons. The summed E-state index contributed by atoms with van der Waals surface area (Å²) in [4.78, 5) is 5.10. The normalized spacial score (nSPS) is 23.3. The Balaban J connectivity index is 1.57. The molecular formula is C17H26N2O. The van der Waals surface area contributed by atoms with Gasteiger partial charge in [-0.05, 0) is 69.1 Å². The number of likely N-dealkylation sites (tertiary alicyclic amines) is 2. The number of nitrogens with zero attached hydrogens (tertiary/aromatic N) is 2. The highest BCUT2D eigenvalue weighted by atomic mass is 16.5. The molecule has 0 saturated carbocycles. The third kappa shape index (κ3) is 2.99. The van der Waals surface area contributed by atoms with Gasteiger partial charge >= 0.3 is 0 Å². The number of hydrogen-bond acceptors (Lipinski definition) is 3. The first-order valence-electron chi connectivity index (χ1n) is 7.73. The molecule has 0 amide bonds. The van der Waals surface area contributed by atoms with Gasteiger partial charge in [-0.3, -0.25) is 4.90 Å². The summed E-state index contributed by atoms with van der Waals surface area (Å²) in [6.07, 6.45) is 4.14. The predicted octanol–water partition coefficient (Wildman–Crippen LogP) is 2.61. The molecule has 0 aromatic heterocycles. The molecule has 0 atom stereocenters. The van der Waals surface area contributed by atoms with Gasteiger partial charge in [-0.2, -0.15) is 0 Å². The quantitative estimate of drug-likeness (QED) is 0.842. The van der Waals surface area contributed by atoms with Gasteiger partial charge in [0.2, 0.25) is 0 Å². The van der Waals surface area contributed by atoms with Gasteiger partial charge in [0.1, 0.15) is 5.75 Å². The zero-order valence-electron chi connectivity index (χ0n) is 12.8. The molecule has 0 aliphatic carbocycles. The summed E-state index contributed by atoms with van der Waals surface area (Å²) in [5.74, 6) is 0.946. The molecule has 1 aromatic carbocycles. The van der Waals surface area contributed by atoms with E-state index in [1.165, 1.54) is 51.0 Å². The Morgan fingerprint density at radius 2 is 1.70 bits per heavy atom. The Labute approximate surface area is 122 Å². The fourth-order valence-electron chi connectivity index (χ4n) is 3.65. The number of methoxy groups -OCH3 is 1. The Morgan fingerprint density at radius 1 is 1.05 bits per heavy atom. The maximum Gasteiger partial charge on any atom is 0.118 e. The van der Waals surface area contributed by atoms with Gasteiger partial charge in [0.25, 0.3) is 0 Å². The molecule has 1 spiro atoms. The number of benzene rings is 1. The molecule has 1 aromatic rings. The average Bonchev–Trinajstić information content (AvgIpc) is 2.86. The maximum atomic E-state index is 5.22. The lowest BCUT2D eigenvalue weighted by molar-refractivity contribution is 0.125. The van der Waals surface area contributed by atoms with Crippen LogP contribution in [0.5, 0.6) is 5.75 Å². The molecular weight excluding hydrogens is 248 g/mol. The van der Waals surface area contributed by atoms with Gasteiger partial charge in [0.05, 0.1) is 7.11 Å². The largest absolute Gasteiger partial charge is 0.497 e. The molecule has 0 bridgehead atoms. The van der Waals surface area contributed by atoms with E-state index in [0.29, 0.717) is 5.41 Å². The van der Waals surface area contributed by atoms with Crippen LogP contribution >= 0.6 is 0 Å². The Morgan fingerprint density at radius 3 is 2.35 bits per heavy atom. The molecule has 3 nitrogen and oxygen atoms in total. The molecule has 0 N–H and O–H groups in total. The molecule has 3 heteroatoms. The van der Waals surface area contributed by atoms with Crippen LogP contribution in [-0.4, -0.2) is 50.1 Å². The van der Waals surface area contributed by atoms with Crippen molar-refractivity contribution in [3.05, 3.63) is 29.8 Å². The summed E-state index contributed by atoms with van der Waals surface area (Å²) >= 11 is 0. The van der Waals surface area contributed by atoms with E-state index in [2.05, 4.69) is 41.1 Å². The Hall–Kier alpha value is -1.06. The number of hydrogen-bond donors (Lipinski definition) is 0. The molecule has 2 saturated heterocycles. The van der Waals surface area contributed by atoms with Crippen LogP contribution < -0.4 is 4.74 Å². The van der Waals surface area contributed by atoms with Crippen molar-refractivity contribution in [1.82, 2.24) is 9.80 Å². The average molecular weight is 274 g/mol. The standard InChI is InChI=1S/C17H26N2O/c1-18-10-7-17(8-11-18)9-12-19(14-17)13-15-3-5-16(20-2)6-4-15/h3-6H,7-14H2,1-2H3. The van der Waals surface area contributed by atoms with Crippen molar-refractivity contribution >= 4 is 0 Å². The second kappa shape index (κ2) is 5.74. The topological polar surface area (TPSA) is 15.7 Å². The van der Waals surface area contributed by atoms with Gasteiger partial charge in [0, 0.05) is 13.1 Å². The molecule has 2 aliphatic rings. The van der Waals surface area contributed by atoms with Crippen LogP contribution in [-0.2, 0) is 6.54 Å². The smallest absolute Gasteiger partial charge is 0.118 e. The van der Waals surface area contributed by atoms with Crippen LogP contribution in [0.4, 0.5) is 0 Å². The molecule has 2 aliphatic heterocycles. The first kappa shape index (κ1) is 13.9. The summed E-state index contributed by atoms with van der Waals surface area (Å²) in [7, 11) is 3.97. The minimum atomic E-state index is 0.610. The number of piperidine rings is 1. The van der Waals surface area contributed by atoms with Gasteiger partial charge < -0.3 is 9.64 Å². The van der Waals surface area contributed by atoms with E-state index >= 15 is 0 Å². The van der Waals surface area contributed by atoms with Crippen molar-refractivity contribution in [2.24, 2.45) is 5.41 Å². The van der Waals surface area contributed by atoms with E-state index in [1.54, 1.807) is 7.11 Å². The van der Waals surface area contributed by atoms with Crippen LogP contribution in [0.3, 0.4) is 0 Å². The lowest BCUT2D eigenvalue weighted by Gasteiger charge is -2.37. The minimum Gasteiger partial charge on any atom is -0.497 e. The predicted molar refractivity (Wildman–Crippen MR) is 82.1 cm³/mol. The first-order valence-corrected chi connectivity index (χ1v) is 7.73. The highest BCUT2D eigenvalue weighted by Gasteiger charge is 2.39. The van der Waals surface area contributed by atoms with Crippen LogP contribution in [0.2, 0.25) is 0 Å². The Bertz CT molecular complexity index is 435. The van der Waals surface area contributed by atoms with Gasteiger partial charge in [-0.25, -0.2) is 0 Å². The summed E-state index contributed by atoms with van der Waals surface area (Å²) < 4.78 is 5.22. The van der Waals surface area contributed by atoms with Crippen molar-refractivity contribution in [3.8, 4) is 5.75 Å². The van der Waals surface area contributed by atoms with Crippen molar-refractivity contribution in [1.29, 1.82) is 0 Å². The summed E-state index contributed by atoms with van der Waals surface area (Å²) in [5, 5.41) is 0. The highest BCUT2D eigenvalue weighted by molar-refractivity contribution is 5.27. The lowest BCUT2D eigenvalue weighted by atomic mass is 9.78. The molecule has 2 heterocycles. The minimum absolute atomic E-state index is 0.610. The van der Waals surface area contributed by atoms with Crippen molar-refractivity contribution in [2.75, 3.05) is 40.3 Å². The van der Waals surface area contributed by atoms with Crippen LogP contribution in [0, 0.1) is 5.41 Å². The third-order valence-electron chi connectivity index (χ3n) is 5.13. The van der Waals surface area contributed by atoms with Crippen LogP contribution in [0.15, 0.2) is 24.3 Å². The van der Waals surface area contributed by atoms with E-state index in [9.17, 15) is 0 Å². The molecule has 3 rings (SSSR count). The van der Waals surface area contributed by atoms with Gasteiger partial charge in [0.15, 0.2) is 0 Å². The second-order valence-corrected chi connectivity index (χ2v) is 6.61. The lowest BCUT2D eigenvalue weighted by Crippen LogP contribution is -2.39. The van der Waals surface area contributed by atoms with E-state index in [0.717, 1.165) is 12.3 Å². The van der Waals surface area contributed by atoms with E-state index in [1.807, 2.05) is 0 Å². The fraction of sp³-hybridized carbons (Fsp3) is 0.647. The van der Waals surface area contributed by atoms with Crippen molar-refractivity contribution in [2.45, 2.75) is 25.8 Å². The SMILES string of the molecule is COc1ccc(CN2CCC3(CCN(C)CC3)C2)cc1. The Kier molecular flexibility index (Phi) is 3.99. The zero-order valence-corrected chi connectivity index (χ0v) is 12.8.